The van der Waals surface area contributed by atoms with Crippen molar-refractivity contribution in [1.82, 2.24) is 20.6 Å². The van der Waals surface area contributed by atoms with Crippen LogP contribution in [0.15, 0.2) is 48.5 Å². The van der Waals surface area contributed by atoms with Crippen molar-refractivity contribution in [3.05, 3.63) is 71.0 Å². The highest BCUT2D eigenvalue weighted by atomic mass is 16.1. The number of hydrogen-bond donors (Lipinski definition) is 1. The Hall–Kier alpha value is -3.02. The number of nitrogens with one attached hydrogen (secondary N) is 1. The zero-order valence-corrected chi connectivity index (χ0v) is 14.3. The number of rotatable bonds is 6. The summed E-state index contributed by atoms with van der Waals surface area (Å²) in [5.41, 5.74) is 4.14. The van der Waals surface area contributed by atoms with Crippen molar-refractivity contribution in [3.8, 4) is 0 Å². The second-order valence-electron chi connectivity index (χ2n) is 6.02. The molecule has 6 nitrogen and oxygen atoms in total. The number of hydrogen-bond acceptors (Lipinski definition) is 4. The number of amides is 1. The molecule has 0 aliphatic rings. The highest BCUT2D eigenvalue weighted by Gasteiger charge is 2.21. The first kappa shape index (κ1) is 16.8. The third kappa shape index (κ3) is 4.29. The van der Waals surface area contributed by atoms with Gasteiger partial charge >= 0.3 is 0 Å². The van der Waals surface area contributed by atoms with Crippen molar-refractivity contribution in [2.45, 2.75) is 32.6 Å². The van der Waals surface area contributed by atoms with Crippen LogP contribution >= 0.6 is 0 Å². The molecule has 0 fully saturated rings. The van der Waals surface area contributed by atoms with Crippen molar-refractivity contribution >= 4 is 11.6 Å². The van der Waals surface area contributed by atoms with Gasteiger partial charge in [-0.3, -0.25) is 15.1 Å². The lowest BCUT2D eigenvalue weighted by molar-refractivity contribution is -0.117. The third-order valence-corrected chi connectivity index (χ3v) is 4.12. The third-order valence-electron chi connectivity index (χ3n) is 4.12. The molecule has 2 aromatic carbocycles. The van der Waals surface area contributed by atoms with Gasteiger partial charge in [-0.2, -0.15) is 5.21 Å². The van der Waals surface area contributed by atoms with Crippen LogP contribution in [0, 0.1) is 6.92 Å². The fourth-order valence-corrected chi connectivity index (χ4v) is 2.69. The first-order chi connectivity index (χ1) is 12.2. The maximum atomic E-state index is 12.8. The highest BCUT2D eigenvalue weighted by molar-refractivity contribution is 5.95. The quantitative estimate of drug-likeness (QED) is 0.749. The molecule has 0 saturated carbocycles. The van der Waals surface area contributed by atoms with E-state index in [0.717, 1.165) is 23.2 Å². The van der Waals surface area contributed by atoms with E-state index in [2.05, 4.69) is 45.0 Å². The fourth-order valence-electron chi connectivity index (χ4n) is 2.69. The van der Waals surface area contributed by atoms with Gasteiger partial charge in [0.05, 0.1) is 5.92 Å². The number of tetrazole rings is 1. The molecule has 0 radical (unpaired) electrons. The van der Waals surface area contributed by atoms with Crippen LogP contribution in [-0.4, -0.2) is 21.4 Å². The van der Waals surface area contributed by atoms with Gasteiger partial charge in [0.2, 0.25) is 5.91 Å². The van der Waals surface area contributed by atoms with Crippen molar-refractivity contribution in [2.75, 3.05) is 5.32 Å². The Kier molecular flexibility index (Phi) is 5.18. The Balaban J connectivity index is 1.80. The Morgan fingerprint density at radius 3 is 2.56 bits per heavy atom. The van der Waals surface area contributed by atoms with Crippen LogP contribution in [0.25, 0.3) is 0 Å². The van der Waals surface area contributed by atoms with E-state index in [-0.39, 0.29) is 5.91 Å². The van der Waals surface area contributed by atoms with Gasteiger partial charge in [-0.1, -0.05) is 43.3 Å². The van der Waals surface area contributed by atoms with Crippen LogP contribution in [0.5, 0.6) is 0 Å². The van der Waals surface area contributed by atoms with Crippen LogP contribution in [-0.2, 0) is 17.6 Å². The average molecular weight is 334 g/mol. The predicted octanol–water partition coefficient (Wildman–Crippen LogP) is 2.66. The maximum absolute atomic E-state index is 12.8. The molecular weight excluding hydrogens is 314 g/mol. The molecule has 3 aromatic rings. The van der Waals surface area contributed by atoms with E-state index < -0.39 is 5.92 Å². The summed E-state index contributed by atoms with van der Waals surface area (Å²) in [6.07, 6.45) is 1.48. The molecule has 1 heterocycles. The number of anilines is 1. The van der Waals surface area contributed by atoms with E-state index in [9.17, 15) is 4.79 Å². The Labute approximate surface area is 146 Å². The summed E-state index contributed by atoms with van der Waals surface area (Å²) in [5.74, 6) is -0.368. The Bertz CT molecular complexity index is 827. The molecule has 1 atom stereocenters. The average Bonchev–Trinajstić information content (AvgIpc) is 3.14. The standard InChI is InChI=1S/C19H21N5O/c1-3-14-7-9-15(10-8-14)12-17(18-21-23-24-22-18)19(25)20-16-6-4-5-13(2)11-16/h4-11,17H,3,12H2,1-2H3,(H2,20,21,22,23,24,25)/p-1/t17-/m0/s1. The minimum atomic E-state index is -0.539. The van der Waals surface area contributed by atoms with E-state index >= 15 is 0 Å². The number of benzene rings is 2. The SMILES string of the molecule is CCc1ccc(C[C@H](C(=O)Nc2cccc(C)c2)c2nnn[n-]2)cc1. The summed E-state index contributed by atoms with van der Waals surface area (Å²) in [5, 5.41) is 17.8. The maximum Gasteiger partial charge on any atom is 0.232 e. The minimum Gasteiger partial charge on any atom is -0.335 e. The molecule has 1 N–H and O–H groups in total. The molecule has 0 spiro atoms. The molecule has 1 amide bonds. The number of carbonyl (C=O) groups is 1. The van der Waals surface area contributed by atoms with Crippen LogP contribution in [0.2, 0.25) is 0 Å². The summed E-state index contributed by atoms with van der Waals surface area (Å²) in [6.45, 7) is 4.10. The largest absolute Gasteiger partial charge is 0.335 e. The molecule has 6 heteroatoms. The van der Waals surface area contributed by atoms with Gasteiger partial charge in [0, 0.05) is 11.5 Å². The lowest BCUT2D eigenvalue weighted by atomic mass is 9.96. The van der Waals surface area contributed by atoms with Gasteiger partial charge in [0.25, 0.3) is 0 Å². The van der Waals surface area contributed by atoms with Gasteiger partial charge in [0.15, 0.2) is 0 Å². The van der Waals surface area contributed by atoms with E-state index in [1.54, 1.807) is 0 Å². The summed E-state index contributed by atoms with van der Waals surface area (Å²) >= 11 is 0. The monoisotopic (exact) mass is 334 g/mol. The minimum absolute atomic E-state index is 0.167. The number of nitrogens with zero attached hydrogens (tertiary/aromatic N) is 4. The van der Waals surface area contributed by atoms with Gasteiger partial charge < -0.3 is 10.4 Å². The fraction of sp³-hybridized carbons (Fsp3) is 0.263. The summed E-state index contributed by atoms with van der Waals surface area (Å²) in [6, 6.07) is 15.9. The number of aryl methyl sites for hydroxylation is 2. The molecule has 0 aliphatic carbocycles. The van der Waals surface area contributed by atoms with Crippen LogP contribution in [0.3, 0.4) is 0 Å². The molecule has 0 unspecified atom stereocenters. The first-order valence-electron chi connectivity index (χ1n) is 8.29. The number of carbonyl (C=O) groups excluding carboxylic acids is 1. The topological polar surface area (TPSA) is 81.9 Å². The molecule has 128 valence electrons. The molecule has 25 heavy (non-hydrogen) atoms. The van der Waals surface area contributed by atoms with E-state index in [0.29, 0.717) is 12.2 Å². The van der Waals surface area contributed by atoms with Crippen LogP contribution < -0.4 is 10.4 Å². The van der Waals surface area contributed by atoms with Crippen LogP contribution in [0.4, 0.5) is 5.69 Å². The molecule has 1 aromatic heterocycles. The number of aromatic nitrogens is 4. The van der Waals surface area contributed by atoms with Gasteiger partial charge in [-0.25, -0.2) is 0 Å². The Morgan fingerprint density at radius 2 is 1.92 bits per heavy atom. The van der Waals surface area contributed by atoms with Gasteiger partial charge in [0.1, 0.15) is 0 Å². The molecule has 3 rings (SSSR count). The van der Waals surface area contributed by atoms with E-state index in [4.69, 9.17) is 0 Å². The van der Waals surface area contributed by atoms with E-state index in [1.807, 2.05) is 43.3 Å². The normalized spacial score (nSPS) is 11.9. The second kappa shape index (κ2) is 7.70. The van der Waals surface area contributed by atoms with Crippen molar-refractivity contribution in [2.24, 2.45) is 0 Å². The molecular formula is C19H20N5O-. The highest BCUT2D eigenvalue weighted by Crippen LogP contribution is 2.20. The summed E-state index contributed by atoms with van der Waals surface area (Å²) in [7, 11) is 0. The van der Waals surface area contributed by atoms with Crippen molar-refractivity contribution < 1.29 is 4.79 Å². The predicted molar refractivity (Wildman–Crippen MR) is 95.2 cm³/mol. The van der Waals surface area contributed by atoms with Crippen molar-refractivity contribution in [1.29, 1.82) is 0 Å². The van der Waals surface area contributed by atoms with Gasteiger partial charge in [-0.05, 0) is 48.6 Å². The van der Waals surface area contributed by atoms with E-state index in [1.165, 1.54) is 5.56 Å². The molecule has 0 saturated heterocycles. The first-order valence-corrected chi connectivity index (χ1v) is 8.29. The van der Waals surface area contributed by atoms with Gasteiger partial charge in [-0.15, -0.1) is 0 Å². The lowest BCUT2D eigenvalue weighted by Gasteiger charge is -2.17. The van der Waals surface area contributed by atoms with Crippen molar-refractivity contribution in [3.63, 3.8) is 0 Å². The zero-order chi connectivity index (χ0) is 17.6. The Morgan fingerprint density at radius 1 is 1.16 bits per heavy atom. The summed E-state index contributed by atoms with van der Waals surface area (Å²) < 4.78 is 0. The second-order valence-corrected chi connectivity index (χ2v) is 6.02. The summed E-state index contributed by atoms with van der Waals surface area (Å²) in [4.78, 5) is 12.8. The van der Waals surface area contributed by atoms with Crippen LogP contribution in [0.1, 0.15) is 35.4 Å². The zero-order valence-electron chi connectivity index (χ0n) is 14.3. The molecule has 0 bridgehead atoms. The smallest absolute Gasteiger partial charge is 0.232 e. The molecule has 0 aliphatic heterocycles. The lowest BCUT2D eigenvalue weighted by Crippen LogP contribution is -2.24.